The van der Waals surface area contributed by atoms with Gasteiger partial charge in [-0.1, -0.05) is 13.0 Å². The zero-order valence-corrected chi connectivity index (χ0v) is 11.9. The molecule has 1 aromatic carbocycles. The molecule has 0 aliphatic rings. The monoisotopic (exact) mass is 276 g/mol. The van der Waals surface area contributed by atoms with Crippen molar-refractivity contribution in [1.82, 2.24) is 10.3 Å². The maximum Gasteiger partial charge on any atom is 0.134 e. The van der Waals surface area contributed by atoms with Crippen LogP contribution in [0.5, 0.6) is 0 Å². The van der Waals surface area contributed by atoms with Crippen molar-refractivity contribution in [2.45, 2.75) is 26.8 Å². The van der Waals surface area contributed by atoms with E-state index in [1.54, 1.807) is 19.3 Å². The van der Waals surface area contributed by atoms with Gasteiger partial charge in [-0.3, -0.25) is 4.98 Å². The number of hydrogen-bond donors (Lipinski definition) is 1. The predicted molar refractivity (Wildman–Crippen MR) is 75.6 cm³/mol. The van der Waals surface area contributed by atoms with Crippen LogP contribution in [0.4, 0.5) is 8.78 Å². The van der Waals surface area contributed by atoms with Crippen LogP contribution < -0.4 is 5.32 Å². The number of hydrogen-bond acceptors (Lipinski definition) is 2. The summed E-state index contributed by atoms with van der Waals surface area (Å²) in [5.74, 6) is -1.04. The molecule has 1 heterocycles. The number of halogens is 2. The SMILES string of the molecule is CCNC(c1cnccc1C)c1c(F)ccc(C)c1F. The number of nitrogens with zero attached hydrogens (tertiary/aromatic N) is 1. The van der Waals surface area contributed by atoms with Gasteiger partial charge in [-0.15, -0.1) is 0 Å². The zero-order valence-electron chi connectivity index (χ0n) is 11.9. The van der Waals surface area contributed by atoms with Crippen LogP contribution in [0.15, 0.2) is 30.6 Å². The van der Waals surface area contributed by atoms with Gasteiger partial charge in [0.25, 0.3) is 0 Å². The Morgan fingerprint density at radius 2 is 1.90 bits per heavy atom. The quantitative estimate of drug-likeness (QED) is 0.921. The van der Waals surface area contributed by atoms with Crippen LogP contribution >= 0.6 is 0 Å². The van der Waals surface area contributed by atoms with Gasteiger partial charge in [-0.2, -0.15) is 0 Å². The molecule has 0 fully saturated rings. The topological polar surface area (TPSA) is 24.9 Å². The first-order valence-corrected chi connectivity index (χ1v) is 6.64. The molecular formula is C16H18F2N2. The van der Waals surface area contributed by atoms with E-state index in [0.29, 0.717) is 12.1 Å². The maximum atomic E-state index is 14.4. The Morgan fingerprint density at radius 1 is 1.15 bits per heavy atom. The summed E-state index contributed by atoms with van der Waals surface area (Å²) in [4.78, 5) is 4.07. The van der Waals surface area contributed by atoms with Crippen LogP contribution in [0.2, 0.25) is 0 Å². The molecule has 0 aliphatic carbocycles. The minimum Gasteiger partial charge on any atom is -0.306 e. The molecule has 1 unspecified atom stereocenters. The van der Waals surface area contributed by atoms with Gasteiger partial charge < -0.3 is 5.32 Å². The van der Waals surface area contributed by atoms with E-state index in [-0.39, 0.29) is 5.56 Å². The predicted octanol–water partition coefficient (Wildman–Crippen LogP) is 3.68. The lowest BCUT2D eigenvalue weighted by Gasteiger charge is -2.22. The van der Waals surface area contributed by atoms with Crippen molar-refractivity contribution >= 4 is 0 Å². The van der Waals surface area contributed by atoms with Crippen LogP contribution in [-0.4, -0.2) is 11.5 Å². The largest absolute Gasteiger partial charge is 0.306 e. The van der Waals surface area contributed by atoms with Crippen LogP contribution in [-0.2, 0) is 0 Å². The zero-order chi connectivity index (χ0) is 14.7. The summed E-state index contributed by atoms with van der Waals surface area (Å²) in [6.07, 6.45) is 3.33. The number of aryl methyl sites for hydroxylation is 2. The van der Waals surface area contributed by atoms with Crippen molar-refractivity contribution in [3.8, 4) is 0 Å². The first-order valence-electron chi connectivity index (χ1n) is 6.64. The van der Waals surface area contributed by atoms with E-state index in [9.17, 15) is 8.78 Å². The summed E-state index contributed by atoms with van der Waals surface area (Å²) in [6, 6.07) is 4.07. The van der Waals surface area contributed by atoms with Gasteiger partial charge in [0.15, 0.2) is 0 Å². The molecule has 0 aliphatic heterocycles. The average Bonchev–Trinajstić information content (AvgIpc) is 2.43. The molecule has 4 heteroatoms. The Labute approximate surface area is 117 Å². The fourth-order valence-electron chi connectivity index (χ4n) is 2.29. The summed E-state index contributed by atoms with van der Waals surface area (Å²) in [7, 11) is 0. The van der Waals surface area contributed by atoms with Gasteiger partial charge in [-0.25, -0.2) is 8.78 Å². The summed E-state index contributed by atoms with van der Waals surface area (Å²) in [5.41, 5.74) is 2.23. The van der Waals surface area contributed by atoms with Crippen molar-refractivity contribution in [2.75, 3.05) is 6.54 Å². The van der Waals surface area contributed by atoms with Crippen molar-refractivity contribution in [1.29, 1.82) is 0 Å². The first kappa shape index (κ1) is 14.6. The van der Waals surface area contributed by atoms with E-state index < -0.39 is 17.7 Å². The smallest absolute Gasteiger partial charge is 0.134 e. The second-order valence-electron chi connectivity index (χ2n) is 4.81. The van der Waals surface area contributed by atoms with E-state index in [0.717, 1.165) is 11.1 Å². The Kier molecular flexibility index (Phi) is 4.45. The highest BCUT2D eigenvalue weighted by molar-refractivity contribution is 5.38. The molecule has 0 saturated carbocycles. The lowest BCUT2D eigenvalue weighted by atomic mass is 9.94. The fraction of sp³-hybridized carbons (Fsp3) is 0.312. The van der Waals surface area contributed by atoms with Gasteiger partial charge in [-0.05, 0) is 49.2 Å². The van der Waals surface area contributed by atoms with Gasteiger partial charge in [0.2, 0.25) is 0 Å². The molecular weight excluding hydrogens is 258 g/mol. The van der Waals surface area contributed by atoms with Crippen LogP contribution in [0.1, 0.15) is 35.2 Å². The fourth-order valence-corrected chi connectivity index (χ4v) is 2.29. The molecule has 1 N–H and O–H groups in total. The molecule has 0 radical (unpaired) electrons. The molecule has 1 aromatic heterocycles. The van der Waals surface area contributed by atoms with E-state index in [2.05, 4.69) is 10.3 Å². The maximum absolute atomic E-state index is 14.4. The van der Waals surface area contributed by atoms with Crippen molar-refractivity contribution in [3.63, 3.8) is 0 Å². The lowest BCUT2D eigenvalue weighted by molar-refractivity contribution is 0.505. The summed E-state index contributed by atoms with van der Waals surface area (Å²) in [5, 5.41) is 3.14. The standard InChI is InChI=1S/C16H18F2N2/c1-4-20-16(12-9-19-8-7-10(12)2)14-13(17)6-5-11(3)15(14)18/h5-9,16,20H,4H2,1-3H3. The van der Waals surface area contributed by atoms with Crippen LogP contribution in [0, 0.1) is 25.5 Å². The third-order valence-electron chi connectivity index (χ3n) is 3.41. The minimum absolute atomic E-state index is 0.0583. The van der Waals surface area contributed by atoms with Gasteiger partial charge in [0.05, 0.1) is 6.04 Å². The highest BCUT2D eigenvalue weighted by atomic mass is 19.1. The highest BCUT2D eigenvalue weighted by Gasteiger charge is 2.23. The Hall–Kier alpha value is -1.81. The van der Waals surface area contributed by atoms with Crippen molar-refractivity contribution < 1.29 is 8.78 Å². The van der Waals surface area contributed by atoms with Crippen molar-refractivity contribution in [2.24, 2.45) is 0 Å². The van der Waals surface area contributed by atoms with E-state index in [1.165, 1.54) is 12.1 Å². The van der Waals surface area contributed by atoms with Crippen molar-refractivity contribution in [3.05, 3.63) is 64.5 Å². The normalized spacial score (nSPS) is 12.4. The number of nitrogens with one attached hydrogen (secondary N) is 1. The average molecular weight is 276 g/mol. The van der Waals surface area contributed by atoms with E-state index >= 15 is 0 Å². The van der Waals surface area contributed by atoms with Crippen LogP contribution in [0.3, 0.4) is 0 Å². The molecule has 20 heavy (non-hydrogen) atoms. The molecule has 0 saturated heterocycles. The highest BCUT2D eigenvalue weighted by Crippen LogP contribution is 2.29. The third kappa shape index (κ3) is 2.70. The summed E-state index contributed by atoms with van der Waals surface area (Å²) in [6.45, 7) is 6.06. The summed E-state index contributed by atoms with van der Waals surface area (Å²) >= 11 is 0. The van der Waals surface area contributed by atoms with Gasteiger partial charge in [0.1, 0.15) is 11.6 Å². The molecule has 2 aromatic rings. The third-order valence-corrected chi connectivity index (χ3v) is 3.41. The van der Waals surface area contributed by atoms with Gasteiger partial charge >= 0.3 is 0 Å². The molecule has 106 valence electrons. The van der Waals surface area contributed by atoms with Gasteiger partial charge in [0, 0.05) is 18.0 Å². The van der Waals surface area contributed by atoms with E-state index in [1.807, 2.05) is 19.9 Å². The number of benzene rings is 1. The molecule has 1 atom stereocenters. The number of rotatable bonds is 4. The molecule has 0 bridgehead atoms. The van der Waals surface area contributed by atoms with Crippen LogP contribution in [0.25, 0.3) is 0 Å². The molecule has 0 spiro atoms. The second-order valence-corrected chi connectivity index (χ2v) is 4.81. The number of pyridine rings is 1. The first-order chi connectivity index (χ1) is 9.56. The van der Waals surface area contributed by atoms with E-state index in [4.69, 9.17) is 0 Å². The Bertz CT molecular complexity index is 611. The minimum atomic E-state index is -0.540. The molecule has 2 rings (SSSR count). The second kappa shape index (κ2) is 6.09. The molecule has 0 amide bonds. The molecule has 2 nitrogen and oxygen atoms in total. The Balaban J connectivity index is 2.61. The number of aromatic nitrogens is 1. The Morgan fingerprint density at radius 3 is 2.55 bits per heavy atom. The lowest BCUT2D eigenvalue weighted by Crippen LogP contribution is -2.25. The summed E-state index contributed by atoms with van der Waals surface area (Å²) < 4.78 is 28.5.